The van der Waals surface area contributed by atoms with E-state index in [1.54, 1.807) is 6.92 Å². The highest BCUT2D eigenvalue weighted by molar-refractivity contribution is 7.13. The second kappa shape index (κ2) is 4.78. The molecule has 6 nitrogen and oxygen atoms in total. The summed E-state index contributed by atoms with van der Waals surface area (Å²) in [5, 5.41) is 3.32. The number of aromatic nitrogens is 3. The van der Waals surface area contributed by atoms with Gasteiger partial charge in [0, 0.05) is 18.0 Å². The summed E-state index contributed by atoms with van der Waals surface area (Å²) < 4.78 is 43.6. The van der Waals surface area contributed by atoms with Gasteiger partial charge in [0.25, 0.3) is 11.1 Å². The lowest BCUT2D eigenvalue weighted by molar-refractivity contribution is -0.141. The van der Waals surface area contributed by atoms with Gasteiger partial charge in [-0.15, -0.1) is 0 Å². The molecule has 10 heteroatoms. The highest BCUT2D eigenvalue weighted by Gasteiger charge is 2.35. The van der Waals surface area contributed by atoms with Gasteiger partial charge in [-0.05, 0) is 6.92 Å². The van der Waals surface area contributed by atoms with Gasteiger partial charge in [0.15, 0.2) is 5.69 Å². The smallest absolute Gasteiger partial charge is 0.412 e. The Labute approximate surface area is 115 Å². The number of carbonyl (C=O) groups is 1. The lowest BCUT2D eigenvalue weighted by Crippen LogP contribution is -2.12. The molecule has 2 rings (SSSR count). The Balaban J connectivity index is 2.29. The van der Waals surface area contributed by atoms with E-state index in [9.17, 15) is 18.0 Å². The summed E-state index contributed by atoms with van der Waals surface area (Å²) in [6, 6.07) is 0.751. The van der Waals surface area contributed by atoms with E-state index in [2.05, 4.69) is 10.1 Å². The third kappa shape index (κ3) is 2.74. The minimum Gasteiger partial charge on any atom is -0.412 e. The molecule has 108 valence electrons. The maximum absolute atomic E-state index is 12.5. The SMILES string of the molecule is Cc1sc(Oc2cc(C(F)(F)F)nn2C)nc1C(N)=O. The number of amides is 1. The highest BCUT2D eigenvalue weighted by Crippen LogP contribution is 2.33. The number of rotatable bonds is 3. The lowest BCUT2D eigenvalue weighted by Gasteiger charge is -1.99. The van der Waals surface area contributed by atoms with Crippen LogP contribution in [0.2, 0.25) is 0 Å². The third-order valence-corrected chi connectivity index (χ3v) is 3.18. The van der Waals surface area contributed by atoms with E-state index in [-0.39, 0.29) is 16.8 Å². The van der Waals surface area contributed by atoms with Crippen LogP contribution >= 0.6 is 11.3 Å². The first-order valence-corrected chi connectivity index (χ1v) is 6.06. The van der Waals surface area contributed by atoms with Gasteiger partial charge in [-0.1, -0.05) is 11.3 Å². The highest BCUT2D eigenvalue weighted by atomic mass is 32.1. The fourth-order valence-corrected chi connectivity index (χ4v) is 2.19. The summed E-state index contributed by atoms with van der Waals surface area (Å²) in [6.45, 7) is 1.61. The first kappa shape index (κ1) is 14.3. The molecule has 0 atom stereocenters. The number of nitrogens with two attached hydrogens (primary N) is 1. The van der Waals surface area contributed by atoms with Crippen LogP contribution in [-0.2, 0) is 13.2 Å². The number of halogens is 3. The molecule has 0 aromatic carbocycles. The number of hydrogen-bond donors (Lipinski definition) is 1. The molecule has 1 amide bonds. The van der Waals surface area contributed by atoms with Crippen LogP contribution in [0.4, 0.5) is 13.2 Å². The molecule has 0 spiro atoms. The van der Waals surface area contributed by atoms with Crippen LogP contribution in [0.3, 0.4) is 0 Å². The molecule has 2 aromatic heterocycles. The van der Waals surface area contributed by atoms with Gasteiger partial charge in [0.2, 0.25) is 5.88 Å². The summed E-state index contributed by atoms with van der Waals surface area (Å²) in [7, 11) is 1.31. The lowest BCUT2D eigenvalue weighted by atomic mass is 10.4. The van der Waals surface area contributed by atoms with Gasteiger partial charge < -0.3 is 10.5 Å². The topological polar surface area (TPSA) is 83.0 Å². The number of aryl methyl sites for hydroxylation is 2. The minimum absolute atomic E-state index is 0.0213. The number of primary amides is 1. The van der Waals surface area contributed by atoms with Crippen LogP contribution in [0.5, 0.6) is 11.1 Å². The Morgan fingerprint density at radius 2 is 2.15 bits per heavy atom. The van der Waals surface area contributed by atoms with Crippen molar-refractivity contribution in [2.75, 3.05) is 0 Å². The molecule has 2 aromatic rings. The molecular weight excluding hydrogens is 297 g/mol. The van der Waals surface area contributed by atoms with Crippen molar-refractivity contribution in [1.29, 1.82) is 0 Å². The third-order valence-electron chi connectivity index (χ3n) is 2.33. The Bertz CT molecular complexity index is 662. The molecule has 0 unspecified atom stereocenters. The number of thiazole rings is 1. The summed E-state index contributed by atoms with van der Waals surface area (Å²) in [5.41, 5.74) is 4.06. The minimum atomic E-state index is -4.56. The van der Waals surface area contributed by atoms with Gasteiger partial charge in [0.1, 0.15) is 5.69 Å². The fourth-order valence-electron chi connectivity index (χ4n) is 1.42. The molecule has 0 bridgehead atoms. The zero-order valence-electron chi connectivity index (χ0n) is 10.4. The van der Waals surface area contributed by atoms with Crippen LogP contribution in [0.25, 0.3) is 0 Å². The van der Waals surface area contributed by atoms with E-state index in [1.165, 1.54) is 7.05 Å². The number of alkyl halides is 3. The summed E-state index contributed by atoms with van der Waals surface area (Å²) in [6.07, 6.45) is -4.56. The van der Waals surface area contributed by atoms with Crippen molar-refractivity contribution in [3.63, 3.8) is 0 Å². The second-order valence-corrected chi connectivity index (χ2v) is 5.01. The average molecular weight is 306 g/mol. The number of carbonyl (C=O) groups excluding carboxylic acids is 1. The standard InChI is InChI=1S/C10H9F3N4O2S/c1-4-7(8(14)18)15-9(20-4)19-6-3-5(10(11,12)13)16-17(6)2/h3H,1-2H3,(H2,14,18). The van der Waals surface area contributed by atoms with Crippen LogP contribution < -0.4 is 10.5 Å². The molecule has 0 fully saturated rings. The Morgan fingerprint density at radius 3 is 2.60 bits per heavy atom. The quantitative estimate of drug-likeness (QED) is 0.941. The molecule has 0 saturated heterocycles. The van der Waals surface area contributed by atoms with Gasteiger partial charge >= 0.3 is 6.18 Å². The molecule has 20 heavy (non-hydrogen) atoms. The van der Waals surface area contributed by atoms with E-state index in [0.717, 1.165) is 22.1 Å². The van der Waals surface area contributed by atoms with E-state index >= 15 is 0 Å². The monoisotopic (exact) mass is 306 g/mol. The van der Waals surface area contributed by atoms with Crippen LogP contribution in [0.1, 0.15) is 21.1 Å². The molecule has 0 aliphatic rings. The zero-order valence-corrected chi connectivity index (χ0v) is 11.2. The molecule has 2 heterocycles. The van der Waals surface area contributed by atoms with Gasteiger partial charge in [0.05, 0.1) is 0 Å². The maximum atomic E-state index is 12.5. The van der Waals surface area contributed by atoms with Crippen molar-refractivity contribution in [2.24, 2.45) is 12.8 Å². The summed E-state index contributed by atoms with van der Waals surface area (Å²) >= 11 is 1.01. The average Bonchev–Trinajstić information content (AvgIpc) is 2.83. The Morgan fingerprint density at radius 1 is 1.50 bits per heavy atom. The first-order chi connectivity index (χ1) is 9.18. The van der Waals surface area contributed by atoms with Crippen molar-refractivity contribution in [1.82, 2.24) is 14.8 Å². The Hall–Kier alpha value is -2.10. The Kier molecular flexibility index (Phi) is 3.42. The molecule has 0 aliphatic carbocycles. The van der Waals surface area contributed by atoms with Crippen molar-refractivity contribution in [3.05, 3.63) is 22.3 Å². The predicted molar refractivity (Wildman–Crippen MR) is 63.7 cm³/mol. The van der Waals surface area contributed by atoms with Gasteiger partial charge in [-0.3, -0.25) is 4.79 Å². The predicted octanol–water partition coefficient (Wildman–Crippen LogP) is 2.10. The van der Waals surface area contributed by atoms with E-state index in [1.807, 2.05) is 0 Å². The van der Waals surface area contributed by atoms with E-state index < -0.39 is 17.8 Å². The molecule has 0 saturated carbocycles. The number of hydrogen-bond acceptors (Lipinski definition) is 5. The largest absolute Gasteiger partial charge is 0.435 e. The molecule has 0 aliphatic heterocycles. The normalized spacial score (nSPS) is 11.7. The molecule has 2 N–H and O–H groups in total. The second-order valence-electron chi connectivity index (χ2n) is 3.84. The molecular formula is C10H9F3N4O2S. The first-order valence-electron chi connectivity index (χ1n) is 5.25. The summed E-state index contributed by atoms with van der Waals surface area (Å²) in [5.74, 6) is -0.864. The van der Waals surface area contributed by atoms with Gasteiger partial charge in [-0.2, -0.15) is 23.3 Å². The summed E-state index contributed by atoms with van der Waals surface area (Å²) in [4.78, 5) is 15.4. The number of nitrogens with zero attached hydrogens (tertiary/aromatic N) is 3. The number of ether oxygens (including phenoxy) is 1. The van der Waals surface area contributed by atoms with Crippen molar-refractivity contribution < 1.29 is 22.7 Å². The van der Waals surface area contributed by atoms with Crippen LogP contribution in [-0.4, -0.2) is 20.7 Å². The van der Waals surface area contributed by atoms with Crippen LogP contribution in [0.15, 0.2) is 6.07 Å². The zero-order chi connectivity index (χ0) is 15.1. The van der Waals surface area contributed by atoms with Gasteiger partial charge in [-0.25, -0.2) is 4.68 Å². The molecule has 0 radical (unpaired) electrons. The fraction of sp³-hybridized carbons (Fsp3) is 0.300. The van der Waals surface area contributed by atoms with E-state index in [4.69, 9.17) is 10.5 Å². The van der Waals surface area contributed by atoms with Crippen molar-refractivity contribution in [2.45, 2.75) is 13.1 Å². The maximum Gasteiger partial charge on any atom is 0.435 e. The van der Waals surface area contributed by atoms with Crippen LogP contribution in [0, 0.1) is 6.92 Å². The van der Waals surface area contributed by atoms with Crippen molar-refractivity contribution >= 4 is 17.2 Å². The van der Waals surface area contributed by atoms with E-state index in [0.29, 0.717) is 4.88 Å². The van der Waals surface area contributed by atoms with Crippen molar-refractivity contribution in [3.8, 4) is 11.1 Å².